The molecule has 0 saturated heterocycles. The Morgan fingerprint density at radius 2 is 1.79 bits per heavy atom. The van der Waals surface area contributed by atoms with E-state index < -0.39 is 23.5 Å². The monoisotopic (exact) mass is 477 g/mol. The summed E-state index contributed by atoms with van der Waals surface area (Å²) in [7, 11) is 1.50. The number of aromatic nitrogens is 1. The van der Waals surface area contributed by atoms with E-state index in [-0.39, 0.29) is 11.5 Å². The lowest BCUT2D eigenvalue weighted by Gasteiger charge is -2.28. The molecule has 1 unspecified atom stereocenters. The van der Waals surface area contributed by atoms with Gasteiger partial charge in [0.2, 0.25) is 11.7 Å². The number of anilines is 2. The molecule has 1 aliphatic rings. The first kappa shape index (κ1) is 23.2. The van der Waals surface area contributed by atoms with Gasteiger partial charge in [0.15, 0.2) is 5.76 Å². The van der Waals surface area contributed by atoms with Crippen molar-refractivity contribution in [3.63, 3.8) is 0 Å². The van der Waals surface area contributed by atoms with Crippen LogP contribution in [0, 0.1) is 13.8 Å². The third-order valence-corrected chi connectivity index (χ3v) is 6.53. The Bertz CT molecular complexity index is 1330. The fourth-order valence-electron chi connectivity index (χ4n) is 4.06. The first-order chi connectivity index (χ1) is 16.2. The van der Waals surface area contributed by atoms with Gasteiger partial charge in [-0.2, -0.15) is 0 Å². The van der Waals surface area contributed by atoms with E-state index in [1.54, 1.807) is 62.4 Å². The molecule has 2 amide bonds. The maximum absolute atomic E-state index is 13.7. The molecular formula is C25H23N3O5S. The second-order valence-electron chi connectivity index (χ2n) is 7.79. The second kappa shape index (κ2) is 9.11. The van der Waals surface area contributed by atoms with Crippen LogP contribution >= 0.6 is 11.3 Å². The highest BCUT2D eigenvalue weighted by molar-refractivity contribution is 7.14. The average molecular weight is 478 g/mol. The molecule has 0 saturated carbocycles. The SMILES string of the molecule is COc1ccccc1C1C(C(=O)c2sc(C)nc2C)=C(O)C(=O)N1c1ccc(NC(C)=O)cc1. The highest BCUT2D eigenvalue weighted by atomic mass is 32.1. The Kier molecular flexibility index (Phi) is 6.21. The zero-order valence-electron chi connectivity index (χ0n) is 19.1. The number of ketones is 1. The van der Waals surface area contributed by atoms with Gasteiger partial charge in [-0.3, -0.25) is 19.3 Å². The highest BCUT2D eigenvalue weighted by Gasteiger charge is 2.46. The minimum atomic E-state index is -0.926. The molecule has 2 aromatic carbocycles. The fourth-order valence-corrected chi connectivity index (χ4v) is 4.94. The largest absolute Gasteiger partial charge is 0.503 e. The number of ether oxygens (including phenoxy) is 1. The number of benzene rings is 2. The molecule has 0 bridgehead atoms. The Morgan fingerprint density at radius 3 is 2.38 bits per heavy atom. The van der Waals surface area contributed by atoms with Gasteiger partial charge in [-0.1, -0.05) is 18.2 Å². The number of hydrogen-bond acceptors (Lipinski definition) is 7. The van der Waals surface area contributed by atoms with Crippen LogP contribution in [0.1, 0.15) is 38.9 Å². The molecule has 1 aromatic heterocycles. The molecule has 0 aliphatic carbocycles. The van der Waals surface area contributed by atoms with Gasteiger partial charge < -0.3 is 15.2 Å². The van der Waals surface area contributed by atoms with Gasteiger partial charge in [-0.05, 0) is 44.2 Å². The van der Waals surface area contributed by atoms with Crippen LogP contribution in [0.25, 0.3) is 0 Å². The molecule has 0 spiro atoms. The van der Waals surface area contributed by atoms with Crippen molar-refractivity contribution in [3.8, 4) is 5.75 Å². The van der Waals surface area contributed by atoms with Crippen molar-refractivity contribution in [3.05, 3.63) is 81.0 Å². The summed E-state index contributed by atoms with van der Waals surface area (Å²) >= 11 is 1.22. The molecule has 4 rings (SSSR count). The van der Waals surface area contributed by atoms with Gasteiger partial charge in [0.05, 0.1) is 34.3 Å². The summed E-state index contributed by atoms with van der Waals surface area (Å²) in [6.45, 7) is 4.92. The van der Waals surface area contributed by atoms with Crippen LogP contribution in [0.2, 0.25) is 0 Å². The minimum absolute atomic E-state index is 0.0350. The first-order valence-electron chi connectivity index (χ1n) is 10.5. The summed E-state index contributed by atoms with van der Waals surface area (Å²) in [5, 5.41) is 14.3. The van der Waals surface area contributed by atoms with Crippen molar-refractivity contribution in [1.29, 1.82) is 0 Å². The van der Waals surface area contributed by atoms with E-state index in [1.807, 2.05) is 0 Å². The zero-order valence-corrected chi connectivity index (χ0v) is 19.9. The second-order valence-corrected chi connectivity index (χ2v) is 8.99. The topological polar surface area (TPSA) is 109 Å². The van der Waals surface area contributed by atoms with Crippen molar-refractivity contribution < 1.29 is 24.2 Å². The Balaban J connectivity index is 1.87. The minimum Gasteiger partial charge on any atom is -0.503 e. The van der Waals surface area contributed by atoms with Crippen LogP contribution in [0.15, 0.2) is 59.9 Å². The van der Waals surface area contributed by atoms with Crippen LogP contribution in [0.3, 0.4) is 0 Å². The number of hydrogen-bond donors (Lipinski definition) is 2. The Labute approximate surface area is 200 Å². The molecule has 2 heterocycles. The average Bonchev–Trinajstić information content (AvgIpc) is 3.28. The van der Waals surface area contributed by atoms with E-state index in [0.29, 0.717) is 38.3 Å². The van der Waals surface area contributed by atoms with Gasteiger partial charge in [0.1, 0.15) is 5.75 Å². The van der Waals surface area contributed by atoms with E-state index in [0.717, 1.165) is 0 Å². The number of para-hydroxylation sites is 1. The maximum Gasteiger partial charge on any atom is 0.294 e. The normalized spacial score (nSPS) is 15.6. The third-order valence-electron chi connectivity index (χ3n) is 5.46. The third kappa shape index (κ3) is 4.06. The first-order valence-corrected chi connectivity index (χ1v) is 11.3. The summed E-state index contributed by atoms with van der Waals surface area (Å²) in [6, 6.07) is 12.7. The van der Waals surface area contributed by atoms with Crippen molar-refractivity contribution in [2.24, 2.45) is 0 Å². The number of thiazole rings is 1. The van der Waals surface area contributed by atoms with Crippen LogP contribution in [-0.4, -0.2) is 34.8 Å². The van der Waals surface area contributed by atoms with E-state index >= 15 is 0 Å². The standard InChI is InChI=1S/C25H23N3O5S/c1-13-24(34-15(3)26-13)22(30)20-21(18-7-5-6-8-19(18)33-4)28(25(32)23(20)31)17-11-9-16(10-12-17)27-14(2)29/h5-12,21,31H,1-4H3,(H,27,29). The van der Waals surface area contributed by atoms with Crippen molar-refractivity contribution >= 4 is 40.3 Å². The molecule has 3 aromatic rings. The number of nitrogens with one attached hydrogen (secondary N) is 1. The fraction of sp³-hybridized carbons (Fsp3) is 0.200. The van der Waals surface area contributed by atoms with Crippen LogP contribution in [0.5, 0.6) is 5.75 Å². The summed E-state index contributed by atoms with van der Waals surface area (Å²) < 4.78 is 5.53. The zero-order chi connectivity index (χ0) is 24.6. The van der Waals surface area contributed by atoms with E-state index in [4.69, 9.17) is 4.74 Å². The number of amides is 2. The van der Waals surface area contributed by atoms with E-state index in [1.165, 1.54) is 30.3 Å². The number of rotatable bonds is 6. The number of methoxy groups -OCH3 is 1. The summed E-state index contributed by atoms with van der Waals surface area (Å²) in [5.41, 5.74) is 2.06. The number of aliphatic hydroxyl groups is 1. The Hall–Kier alpha value is -3.98. The molecule has 174 valence electrons. The van der Waals surface area contributed by atoms with E-state index in [2.05, 4.69) is 10.3 Å². The summed E-state index contributed by atoms with van der Waals surface area (Å²) in [4.78, 5) is 44.4. The lowest BCUT2D eigenvalue weighted by Crippen LogP contribution is -2.31. The van der Waals surface area contributed by atoms with Gasteiger partial charge in [-0.25, -0.2) is 4.98 Å². The molecule has 34 heavy (non-hydrogen) atoms. The number of aryl methyl sites for hydroxylation is 2. The molecular weight excluding hydrogens is 454 g/mol. The number of carbonyl (C=O) groups excluding carboxylic acids is 3. The van der Waals surface area contributed by atoms with Crippen molar-refractivity contribution in [1.82, 2.24) is 4.98 Å². The predicted octanol–water partition coefficient (Wildman–Crippen LogP) is 4.51. The summed E-state index contributed by atoms with van der Waals surface area (Å²) in [6.07, 6.45) is 0. The Morgan fingerprint density at radius 1 is 1.12 bits per heavy atom. The predicted molar refractivity (Wildman–Crippen MR) is 130 cm³/mol. The van der Waals surface area contributed by atoms with Gasteiger partial charge in [0, 0.05) is 23.9 Å². The molecule has 2 N–H and O–H groups in total. The molecule has 1 atom stereocenters. The van der Waals surface area contributed by atoms with Crippen LogP contribution in [-0.2, 0) is 9.59 Å². The molecule has 1 aliphatic heterocycles. The van der Waals surface area contributed by atoms with Gasteiger partial charge >= 0.3 is 0 Å². The van der Waals surface area contributed by atoms with E-state index in [9.17, 15) is 19.5 Å². The molecule has 0 fully saturated rings. The quantitative estimate of drug-likeness (QED) is 0.506. The highest BCUT2D eigenvalue weighted by Crippen LogP contribution is 2.45. The molecule has 8 nitrogen and oxygen atoms in total. The molecule has 0 radical (unpaired) electrons. The smallest absolute Gasteiger partial charge is 0.294 e. The maximum atomic E-state index is 13.7. The van der Waals surface area contributed by atoms with Crippen LogP contribution < -0.4 is 15.0 Å². The summed E-state index contributed by atoms with van der Waals surface area (Å²) in [5.74, 6) is -1.53. The van der Waals surface area contributed by atoms with Crippen molar-refractivity contribution in [2.75, 3.05) is 17.3 Å². The number of carbonyl (C=O) groups is 3. The van der Waals surface area contributed by atoms with Crippen molar-refractivity contribution in [2.45, 2.75) is 26.8 Å². The lowest BCUT2D eigenvalue weighted by molar-refractivity contribution is -0.117. The van der Waals surface area contributed by atoms with Crippen LogP contribution in [0.4, 0.5) is 11.4 Å². The number of aliphatic hydroxyl groups excluding tert-OH is 1. The molecule has 9 heteroatoms. The van der Waals surface area contributed by atoms with Gasteiger partial charge in [-0.15, -0.1) is 11.3 Å². The van der Waals surface area contributed by atoms with Gasteiger partial charge in [0.25, 0.3) is 5.91 Å². The number of nitrogens with zero attached hydrogens (tertiary/aromatic N) is 2. The lowest BCUT2D eigenvalue weighted by atomic mass is 9.94. The number of Topliss-reactive ketones (excluding diaryl/α,β-unsaturated/α-hetero) is 1.